The Morgan fingerprint density at radius 3 is 3.05 bits per heavy atom. The maximum Gasteiger partial charge on any atom is 0.225 e. The van der Waals surface area contributed by atoms with Gasteiger partial charge in [-0.2, -0.15) is 0 Å². The van der Waals surface area contributed by atoms with E-state index in [2.05, 4.69) is 4.98 Å². The van der Waals surface area contributed by atoms with E-state index in [1.807, 2.05) is 30.3 Å². The highest BCUT2D eigenvalue weighted by atomic mass is 16.5. The van der Waals surface area contributed by atoms with E-state index in [4.69, 9.17) is 20.6 Å². The summed E-state index contributed by atoms with van der Waals surface area (Å²) in [4.78, 5) is 4.47. The first-order valence-corrected chi connectivity index (χ1v) is 6.69. The summed E-state index contributed by atoms with van der Waals surface area (Å²) in [5, 5.41) is 8.63. The molecular formula is C15H17N3O2. The van der Waals surface area contributed by atoms with Gasteiger partial charge in [-0.05, 0) is 18.6 Å². The lowest BCUT2D eigenvalue weighted by Gasteiger charge is -2.13. The van der Waals surface area contributed by atoms with Crippen molar-refractivity contribution in [1.29, 1.82) is 5.41 Å². The Kier molecular flexibility index (Phi) is 3.52. The van der Waals surface area contributed by atoms with Crippen LogP contribution in [-0.2, 0) is 4.74 Å². The number of hydrogen-bond acceptors (Lipinski definition) is 4. The number of hydrogen-bond donors (Lipinski definition) is 2. The van der Waals surface area contributed by atoms with Crippen LogP contribution in [0.3, 0.4) is 0 Å². The summed E-state index contributed by atoms with van der Waals surface area (Å²) in [6.07, 6.45) is 1.00. The van der Waals surface area contributed by atoms with Gasteiger partial charge in [0.2, 0.25) is 5.88 Å². The van der Waals surface area contributed by atoms with Gasteiger partial charge in [0.1, 0.15) is 5.84 Å². The molecule has 1 aromatic carbocycles. The predicted molar refractivity (Wildman–Crippen MR) is 77.2 cm³/mol. The Morgan fingerprint density at radius 2 is 2.30 bits per heavy atom. The van der Waals surface area contributed by atoms with Crippen LogP contribution in [0.5, 0.6) is 5.88 Å². The van der Waals surface area contributed by atoms with Gasteiger partial charge >= 0.3 is 0 Å². The predicted octanol–water partition coefficient (Wildman–Crippen LogP) is 1.93. The van der Waals surface area contributed by atoms with Crippen molar-refractivity contribution in [3.8, 4) is 5.88 Å². The molecule has 0 amide bonds. The molecular weight excluding hydrogens is 254 g/mol. The van der Waals surface area contributed by atoms with Gasteiger partial charge in [0.15, 0.2) is 0 Å². The first kappa shape index (κ1) is 12.9. The number of nitrogen functional groups attached to an aromatic ring is 1. The van der Waals surface area contributed by atoms with Gasteiger partial charge in [0, 0.05) is 17.9 Å². The molecule has 1 saturated heterocycles. The molecule has 2 heterocycles. The highest BCUT2D eigenvalue weighted by Gasteiger charge is 2.18. The van der Waals surface area contributed by atoms with Crippen LogP contribution in [0.25, 0.3) is 10.9 Å². The van der Waals surface area contributed by atoms with Gasteiger partial charge in [-0.3, -0.25) is 5.41 Å². The molecule has 1 unspecified atom stereocenters. The van der Waals surface area contributed by atoms with Crippen molar-refractivity contribution in [3.63, 3.8) is 0 Å². The molecule has 0 radical (unpaired) electrons. The van der Waals surface area contributed by atoms with Gasteiger partial charge in [0.05, 0.1) is 24.3 Å². The average Bonchev–Trinajstić information content (AvgIpc) is 2.97. The van der Waals surface area contributed by atoms with Crippen molar-refractivity contribution in [1.82, 2.24) is 4.98 Å². The first-order valence-electron chi connectivity index (χ1n) is 6.69. The number of nitrogens with two attached hydrogens (primary N) is 1. The molecule has 1 aromatic heterocycles. The second-order valence-electron chi connectivity index (χ2n) is 4.99. The van der Waals surface area contributed by atoms with Crippen LogP contribution in [-0.4, -0.2) is 30.6 Å². The summed E-state index contributed by atoms with van der Waals surface area (Å²) in [5.74, 6) is 0.798. The molecule has 5 nitrogen and oxygen atoms in total. The average molecular weight is 271 g/mol. The molecule has 1 aliphatic rings. The van der Waals surface area contributed by atoms with E-state index in [0.717, 1.165) is 30.5 Å². The first-order chi connectivity index (χ1) is 9.74. The Morgan fingerprint density at radius 1 is 1.45 bits per heavy atom. The molecule has 0 spiro atoms. The Labute approximate surface area is 117 Å². The highest BCUT2D eigenvalue weighted by Crippen LogP contribution is 2.23. The lowest BCUT2D eigenvalue weighted by Crippen LogP contribution is -2.17. The normalized spacial score (nSPS) is 18.3. The van der Waals surface area contributed by atoms with Crippen molar-refractivity contribution in [2.24, 2.45) is 11.7 Å². The molecule has 0 aliphatic carbocycles. The highest BCUT2D eigenvalue weighted by molar-refractivity contribution is 6.00. The fourth-order valence-corrected chi connectivity index (χ4v) is 2.31. The number of nitrogens with one attached hydrogen (secondary N) is 1. The third-order valence-electron chi connectivity index (χ3n) is 3.46. The summed E-state index contributed by atoms with van der Waals surface area (Å²) < 4.78 is 11.1. The van der Waals surface area contributed by atoms with E-state index in [1.165, 1.54) is 0 Å². The van der Waals surface area contributed by atoms with Crippen molar-refractivity contribution in [2.75, 3.05) is 19.8 Å². The van der Waals surface area contributed by atoms with Gasteiger partial charge in [0.25, 0.3) is 0 Å². The van der Waals surface area contributed by atoms with Gasteiger partial charge < -0.3 is 15.2 Å². The molecule has 0 saturated carbocycles. The molecule has 104 valence electrons. The van der Waals surface area contributed by atoms with Crippen molar-refractivity contribution in [3.05, 3.63) is 35.9 Å². The summed E-state index contributed by atoms with van der Waals surface area (Å²) in [6.45, 7) is 2.06. The number of fused-ring (bicyclic) bond motifs is 1. The van der Waals surface area contributed by atoms with Crippen molar-refractivity contribution in [2.45, 2.75) is 6.42 Å². The van der Waals surface area contributed by atoms with E-state index in [1.54, 1.807) is 0 Å². The molecule has 3 N–H and O–H groups in total. The maximum absolute atomic E-state index is 7.67. The minimum atomic E-state index is -0.0269. The molecule has 1 aliphatic heterocycles. The largest absolute Gasteiger partial charge is 0.477 e. The van der Waals surface area contributed by atoms with E-state index < -0.39 is 0 Å². The van der Waals surface area contributed by atoms with Crippen LogP contribution in [0.15, 0.2) is 30.3 Å². The monoisotopic (exact) mass is 271 g/mol. The molecule has 1 fully saturated rings. The molecule has 20 heavy (non-hydrogen) atoms. The number of benzene rings is 1. The van der Waals surface area contributed by atoms with Gasteiger partial charge in [-0.1, -0.05) is 18.2 Å². The summed E-state index contributed by atoms with van der Waals surface area (Å²) in [7, 11) is 0. The van der Waals surface area contributed by atoms with E-state index >= 15 is 0 Å². The lowest BCUT2D eigenvalue weighted by atomic mass is 10.1. The minimum Gasteiger partial charge on any atom is -0.477 e. The third-order valence-corrected chi connectivity index (χ3v) is 3.46. The lowest BCUT2D eigenvalue weighted by molar-refractivity contribution is 0.165. The van der Waals surface area contributed by atoms with Gasteiger partial charge in [-0.25, -0.2) is 4.98 Å². The molecule has 2 aromatic rings. The van der Waals surface area contributed by atoms with Crippen molar-refractivity contribution < 1.29 is 9.47 Å². The van der Waals surface area contributed by atoms with E-state index in [-0.39, 0.29) is 5.84 Å². The van der Waals surface area contributed by atoms with E-state index in [0.29, 0.717) is 24.0 Å². The Bertz CT molecular complexity index is 636. The topological polar surface area (TPSA) is 81.2 Å². The molecule has 1 atom stereocenters. The number of amidine groups is 1. The molecule has 5 heteroatoms. The zero-order chi connectivity index (χ0) is 13.9. The number of pyridine rings is 1. The standard InChI is InChI=1S/C15H17N3O2/c16-14(17)12-7-11-3-1-2-4-13(11)18-15(12)20-9-10-5-6-19-8-10/h1-4,7,10H,5-6,8-9H2,(H3,16,17). The number of para-hydroxylation sites is 1. The number of ether oxygens (including phenoxy) is 2. The fourth-order valence-electron chi connectivity index (χ4n) is 2.31. The van der Waals surface area contributed by atoms with E-state index in [9.17, 15) is 0 Å². The summed E-state index contributed by atoms with van der Waals surface area (Å²) in [6, 6.07) is 9.58. The van der Waals surface area contributed by atoms with Crippen molar-refractivity contribution >= 4 is 16.7 Å². The SMILES string of the molecule is N=C(N)c1cc2ccccc2nc1OCC1CCOC1. The van der Waals surface area contributed by atoms with Crippen LogP contribution in [0.1, 0.15) is 12.0 Å². The zero-order valence-electron chi connectivity index (χ0n) is 11.1. The Hall–Kier alpha value is -2.14. The van der Waals surface area contributed by atoms with Gasteiger partial charge in [-0.15, -0.1) is 0 Å². The minimum absolute atomic E-state index is 0.0269. The van der Waals surface area contributed by atoms with Crippen LogP contribution < -0.4 is 10.5 Å². The number of nitrogens with zero attached hydrogens (tertiary/aromatic N) is 1. The Balaban J connectivity index is 1.90. The van der Waals surface area contributed by atoms with Crippen LogP contribution >= 0.6 is 0 Å². The second kappa shape index (κ2) is 5.46. The molecule has 0 bridgehead atoms. The zero-order valence-corrected chi connectivity index (χ0v) is 11.1. The van der Waals surface area contributed by atoms with Crippen LogP contribution in [0.4, 0.5) is 0 Å². The molecule has 3 rings (SSSR count). The second-order valence-corrected chi connectivity index (χ2v) is 4.99. The fraction of sp³-hybridized carbons (Fsp3) is 0.333. The number of aromatic nitrogens is 1. The summed E-state index contributed by atoms with van der Waals surface area (Å²) >= 11 is 0. The quantitative estimate of drug-likeness (QED) is 0.657. The smallest absolute Gasteiger partial charge is 0.225 e. The van der Waals surface area contributed by atoms with Crippen LogP contribution in [0, 0.1) is 11.3 Å². The van der Waals surface area contributed by atoms with Crippen LogP contribution in [0.2, 0.25) is 0 Å². The maximum atomic E-state index is 7.67. The summed E-state index contributed by atoms with van der Waals surface area (Å²) in [5.41, 5.74) is 7.01. The number of rotatable bonds is 4. The third kappa shape index (κ3) is 2.58.